The van der Waals surface area contributed by atoms with E-state index in [0.29, 0.717) is 5.69 Å². The number of benzene rings is 1. The smallest absolute Gasteiger partial charge is 0.404 e. The van der Waals surface area contributed by atoms with E-state index < -0.39 is 29.9 Å². The fourth-order valence-corrected chi connectivity index (χ4v) is 3.56. The number of hydrogen-bond acceptors (Lipinski definition) is 6. The van der Waals surface area contributed by atoms with Crippen molar-refractivity contribution in [2.75, 3.05) is 10.6 Å². The van der Waals surface area contributed by atoms with Crippen LogP contribution >= 0.6 is 0 Å². The molecule has 0 unspecified atom stereocenters. The molecule has 0 saturated heterocycles. The fraction of sp³-hybridized carbons (Fsp3) is 0.333. The molecule has 0 bridgehead atoms. The lowest BCUT2D eigenvalue weighted by molar-refractivity contribution is 0.1000. The maximum Gasteiger partial charge on any atom is 0.404 e. The van der Waals surface area contributed by atoms with Gasteiger partial charge in [-0.25, -0.2) is 14.2 Å². The van der Waals surface area contributed by atoms with Crippen LogP contribution in [0.15, 0.2) is 30.5 Å². The number of nitrogens with two attached hydrogens (primary N) is 1. The number of aryl methyl sites for hydroxylation is 1. The van der Waals surface area contributed by atoms with Crippen molar-refractivity contribution in [2.24, 2.45) is 18.7 Å². The Bertz CT molecular complexity index is 1160. The Balaban J connectivity index is 1.96. The van der Waals surface area contributed by atoms with E-state index in [0.717, 1.165) is 17.0 Å². The SMILES string of the molecule is CC(C)[C@@H](Nc1nc(Nc2ccc3c(cnn3C)c2)c(C(N)=O)cc1F)[C@H](C)NC(=O)O. The van der Waals surface area contributed by atoms with Gasteiger partial charge >= 0.3 is 6.09 Å². The van der Waals surface area contributed by atoms with Gasteiger partial charge in [-0.15, -0.1) is 0 Å². The van der Waals surface area contributed by atoms with Crippen LogP contribution in [0.1, 0.15) is 31.1 Å². The summed E-state index contributed by atoms with van der Waals surface area (Å²) in [5.74, 6) is -1.73. The maximum absolute atomic E-state index is 14.8. The van der Waals surface area contributed by atoms with Crippen molar-refractivity contribution in [3.05, 3.63) is 41.8 Å². The third-order valence-corrected chi connectivity index (χ3v) is 5.16. The zero-order valence-electron chi connectivity index (χ0n) is 18.2. The number of rotatable bonds is 8. The summed E-state index contributed by atoms with van der Waals surface area (Å²) in [6.07, 6.45) is 0.514. The Morgan fingerprint density at radius 2 is 1.91 bits per heavy atom. The third kappa shape index (κ3) is 4.88. The van der Waals surface area contributed by atoms with Gasteiger partial charge in [0.2, 0.25) is 0 Å². The molecule has 6 N–H and O–H groups in total. The van der Waals surface area contributed by atoms with Gasteiger partial charge in [0.05, 0.1) is 17.3 Å². The van der Waals surface area contributed by atoms with Gasteiger partial charge in [0.25, 0.3) is 5.91 Å². The molecule has 0 fully saturated rings. The average molecular weight is 443 g/mol. The lowest BCUT2D eigenvalue weighted by Gasteiger charge is -2.29. The van der Waals surface area contributed by atoms with E-state index in [-0.39, 0.29) is 23.1 Å². The fourth-order valence-electron chi connectivity index (χ4n) is 3.56. The van der Waals surface area contributed by atoms with Crippen LogP contribution in [-0.4, -0.2) is 44.0 Å². The summed E-state index contributed by atoms with van der Waals surface area (Å²) in [5.41, 5.74) is 6.85. The molecule has 1 aromatic carbocycles. The molecular weight excluding hydrogens is 417 g/mol. The minimum Gasteiger partial charge on any atom is -0.465 e. The highest BCUT2D eigenvalue weighted by Gasteiger charge is 2.25. The molecule has 2 atom stereocenters. The normalized spacial score (nSPS) is 13.1. The van der Waals surface area contributed by atoms with Gasteiger partial charge in [0.15, 0.2) is 11.6 Å². The minimum atomic E-state index is -1.18. The van der Waals surface area contributed by atoms with Crippen molar-refractivity contribution < 1.29 is 19.1 Å². The Morgan fingerprint density at radius 1 is 1.19 bits per heavy atom. The Morgan fingerprint density at radius 3 is 2.53 bits per heavy atom. The standard InChI is InChI=1S/C21H26FN7O3/c1-10(2)17(11(3)25-21(31)32)27-20-15(22)8-14(18(23)30)19(28-20)26-13-5-6-16-12(7-13)9-24-29(16)4/h5-11,17,25H,1-4H3,(H2,23,30)(H,31,32)(H2,26,27,28)/t11-,17+/m0/s1. The summed E-state index contributed by atoms with van der Waals surface area (Å²) in [5, 5.41) is 22.4. The van der Waals surface area contributed by atoms with Gasteiger partial charge in [-0.2, -0.15) is 5.10 Å². The molecule has 3 rings (SSSR count). The molecule has 3 aromatic rings. The molecule has 0 spiro atoms. The van der Waals surface area contributed by atoms with Gasteiger partial charge in [-0.3, -0.25) is 9.48 Å². The summed E-state index contributed by atoms with van der Waals surface area (Å²) >= 11 is 0. The number of carbonyl (C=O) groups is 2. The molecule has 0 aliphatic rings. The summed E-state index contributed by atoms with van der Waals surface area (Å²) in [7, 11) is 1.82. The summed E-state index contributed by atoms with van der Waals surface area (Å²) < 4.78 is 16.5. The van der Waals surface area contributed by atoms with E-state index in [9.17, 15) is 14.0 Å². The summed E-state index contributed by atoms with van der Waals surface area (Å²) in [6.45, 7) is 5.41. The molecule has 0 saturated carbocycles. The first-order valence-electron chi connectivity index (χ1n) is 10.0. The van der Waals surface area contributed by atoms with Gasteiger partial charge in [-0.05, 0) is 37.1 Å². The first kappa shape index (κ1) is 22.8. The van der Waals surface area contributed by atoms with Crippen LogP contribution in [0.4, 0.5) is 26.5 Å². The van der Waals surface area contributed by atoms with Gasteiger partial charge < -0.3 is 26.8 Å². The van der Waals surface area contributed by atoms with Crippen molar-refractivity contribution in [3.63, 3.8) is 0 Å². The molecular formula is C21H26FN7O3. The second kappa shape index (κ2) is 9.08. The molecule has 2 aromatic heterocycles. The summed E-state index contributed by atoms with van der Waals surface area (Å²) in [4.78, 5) is 27.2. The lowest BCUT2D eigenvalue weighted by atomic mass is 9.97. The van der Waals surface area contributed by atoms with Crippen LogP contribution < -0.4 is 21.7 Å². The number of halogens is 1. The van der Waals surface area contributed by atoms with Gasteiger partial charge in [0, 0.05) is 30.2 Å². The molecule has 11 heteroatoms. The second-order valence-electron chi connectivity index (χ2n) is 7.90. The topological polar surface area (TPSA) is 147 Å². The Hall–Kier alpha value is -3.89. The zero-order valence-corrected chi connectivity index (χ0v) is 18.2. The average Bonchev–Trinajstić information content (AvgIpc) is 3.07. The van der Waals surface area contributed by atoms with Crippen LogP contribution in [-0.2, 0) is 7.05 Å². The molecule has 0 aliphatic carbocycles. The predicted octanol–water partition coefficient (Wildman–Crippen LogP) is 3.04. The molecule has 2 heterocycles. The number of hydrogen-bond donors (Lipinski definition) is 5. The number of carbonyl (C=O) groups excluding carboxylic acids is 1. The van der Waals surface area contributed by atoms with E-state index in [1.165, 1.54) is 0 Å². The molecule has 2 amide bonds. The summed E-state index contributed by atoms with van der Waals surface area (Å²) in [6, 6.07) is 5.46. The van der Waals surface area contributed by atoms with Crippen molar-refractivity contribution in [1.82, 2.24) is 20.1 Å². The van der Waals surface area contributed by atoms with Crippen molar-refractivity contribution in [2.45, 2.75) is 32.9 Å². The largest absolute Gasteiger partial charge is 0.465 e. The molecule has 32 heavy (non-hydrogen) atoms. The predicted molar refractivity (Wildman–Crippen MR) is 120 cm³/mol. The monoisotopic (exact) mass is 443 g/mol. The highest BCUT2D eigenvalue weighted by atomic mass is 19.1. The van der Waals surface area contributed by atoms with E-state index in [1.54, 1.807) is 23.9 Å². The number of pyridine rings is 1. The van der Waals surface area contributed by atoms with Crippen molar-refractivity contribution in [1.29, 1.82) is 0 Å². The second-order valence-corrected chi connectivity index (χ2v) is 7.90. The minimum absolute atomic E-state index is 0.0572. The molecule has 0 aliphatic heterocycles. The molecule has 0 radical (unpaired) electrons. The van der Waals surface area contributed by atoms with Crippen molar-refractivity contribution >= 4 is 40.2 Å². The number of nitrogens with one attached hydrogen (secondary N) is 3. The highest BCUT2D eigenvalue weighted by Crippen LogP contribution is 2.27. The maximum atomic E-state index is 14.8. The van der Waals surface area contributed by atoms with Crippen LogP contribution in [0.25, 0.3) is 10.9 Å². The van der Waals surface area contributed by atoms with Crippen LogP contribution in [0.5, 0.6) is 0 Å². The van der Waals surface area contributed by atoms with Crippen molar-refractivity contribution in [3.8, 4) is 0 Å². The number of carboxylic acid groups (broad SMARTS) is 1. The Labute approximate surface area is 184 Å². The van der Waals surface area contributed by atoms with Crippen LogP contribution in [0.3, 0.4) is 0 Å². The van der Waals surface area contributed by atoms with Gasteiger partial charge in [-0.1, -0.05) is 13.8 Å². The lowest BCUT2D eigenvalue weighted by Crippen LogP contribution is -2.47. The number of fused-ring (bicyclic) bond motifs is 1. The Kier molecular flexibility index (Phi) is 6.47. The van der Waals surface area contributed by atoms with Crippen LogP contribution in [0, 0.1) is 11.7 Å². The number of aromatic nitrogens is 3. The third-order valence-electron chi connectivity index (χ3n) is 5.16. The number of anilines is 3. The first-order valence-corrected chi connectivity index (χ1v) is 10.0. The zero-order chi connectivity index (χ0) is 23.6. The van der Waals surface area contributed by atoms with E-state index >= 15 is 0 Å². The highest BCUT2D eigenvalue weighted by molar-refractivity contribution is 5.99. The van der Waals surface area contributed by atoms with E-state index in [1.807, 2.05) is 33.0 Å². The first-order chi connectivity index (χ1) is 15.1. The number of nitrogens with zero attached hydrogens (tertiary/aromatic N) is 3. The quantitative estimate of drug-likeness (QED) is 0.359. The van der Waals surface area contributed by atoms with Crippen LogP contribution in [0.2, 0.25) is 0 Å². The van der Waals surface area contributed by atoms with E-state index in [2.05, 4.69) is 26.0 Å². The molecule has 10 nitrogen and oxygen atoms in total. The number of amides is 2. The number of primary amides is 1. The van der Waals surface area contributed by atoms with E-state index in [4.69, 9.17) is 10.8 Å². The van der Waals surface area contributed by atoms with Gasteiger partial charge in [0.1, 0.15) is 5.82 Å². The molecule has 170 valence electrons.